The van der Waals surface area contributed by atoms with E-state index in [0.717, 1.165) is 30.8 Å². The van der Waals surface area contributed by atoms with Crippen molar-refractivity contribution in [3.63, 3.8) is 0 Å². The van der Waals surface area contributed by atoms with Crippen LogP contribution < -0.4 is 15.7 Å². The van der Waals surface area contributed by atoms with E-state index in [1.165, 1.54) is 16.7 Å². The average Bonchev–Trinajstić information content (AvgIpc) is 2.95. The van der Waals surface area contributed by atoms with Gasteiger partial charge in [-0.05, 0) is 55.0 Å². The fraction of sp³-hybridized carbons (Fsp3) is 0.375. The molecule has 9 heteroatoms. The second kappa shape index (κ2) is 7.45. The monoisotopic (exact) mass is 471 g/mol. The van der Waals surface area contributed by atoms with Gasteiger partial charge in [0.05, 0.1) is 16.1 Å². The van der Waals surface area contributed by atoms with Crippen molar-refractivity contribution in [2.75, 3.05) is 6.61 Å². The van der Waals surface area contributed by atoms with E-state index >= 15 is 0 Å². The van der Waals surface area contributed by atoms with Gasteiger partial charge in [-0.1, -0.05) is 11.6 Å². The molecule has 3 fully saturated rings. The predicted molar refractivity (Wildman–Crippen MR) is 121 cm³/mol. The molecule has 3 aliphatic carbocycles. The number of aromatic nitrogens is 2. The van der Waals surface area contributed by atoms with Gasteiger partial charge in [-0.15, -0.1) is 0 Å². The first-order chi connectivity index (χ1) is 15.6. The molecule has 0 saturated heterocycles. The summed E-state index contributed by atoms with van der Waals surface area (Å²) in [5, 5.41) is 3.12. The van der Waals surface area contributed by atoms with Crippen LogP contribution in [-0.4, -0.2) is 33.0 Å². The van der Waals surface area contributed by atoms with E-state index in [1.807, 2.05) is 0 Å². The summed E-state index contributed by atoms with van der Waals surface area (Å²) in [6.07, 6.45) is 2.62. The first kappa shape index (κ1) is 21.7. The fourth-order valence-electron chi connectivity index (χ4n) is 5.48. The van der Waals surface area contributed by atoms with Crippen molar-refractivity contribution in [3.05, 3.63) is 63.3 Å². The Morgan fingerprint density at radius 1 is 1.09 bits per heavy atom. The van der Waals surface area contributed by atoms with E-state index in [0.29, 0.717) is 17.5 Å². The van der Waals surface area contributed by atoms with Crippen LogP contribution in [0.1, 0.15) is 36.0 Å². The molecule has 7 nitrogen and oxygen atoms in total. The van der Waals surface area contributed by atoms with Gasteiger partial charge in [0.2, 0.25) is 0 Å². The molecule has 0 aliphatic heterocycles. The maximum absolute atomic E-state index is 13.5. The first-order valence-electron chi connectivity index (χ1n) is 10.7. The molecule has 0 atom stereocenters. The lowest BCUT2D eigenvalue weighted by molar-refractivity contribution is -0.162. The van der Waals surface area contributed by atoms with Gasteiger partial charge < -0.3 is 10.1 Å². The van der Waals surface area contributed by atoms with E-state index in [9.17, 15) is 18.8 Å². The van der Waals surface area contributed by atoms with Crippen molar-refractivity contribution in [2.45, 2.75) is 31.2 Å². The smallest absolute Gasteiger partial charge is 0.328 e. The maximum atomic E-state index is 13.5. The van der Waals surface area contributed by atoms with Crippen LogP contribution in [0.4, 0.5) is 4.39 Å². The zero-order valence-corrected chi connectivity index (χ0v) is 19.0. The molecule has 1 N–H and O–H groups in total. The number of aryl methyl sites for hydroxylation is 2. The number of benzene rings is 2. The summed E-state index contributed by atoms with van der Waals surface area (Å²) in [4.78, 5) is 37.3. The number of carbonyl (C=O) groups excluding carboxylic acids is 2. The number of nitrogens with zero attached hydrogens (tertiary/aromatic N) is 2. The molecular formula is C24H23ClFN3O4. The normalized spacial score (nSPS) is 23.0. The Kier molecular flexibility index (Phi) is 4.90. The third kappa shape index (κ3) is 3.62. The van der Waals surface area contributed by atoms with Gasteiger partial charge in [-0.25, -0.2) is 9.18 Å². The SMILES string of the molecule is Cn1c(=O)n(C)c2cc(C(=O)NC34CC(CC(=O)COc5ccc(Cl)c(F)c5)(C3)C4)ccc21. The van der Waals surface area contributed by atoms with Crippen molar-refractivity contribution < 1.29 is 18.7 Å². The molecule has 3 aromatic rings. The first-order valence-corrected chi connectivity index (χ1v) is 11.1. The Hall–Kier alpha value is -3.13. The molecule has 1 aromatic heterocycles. The molecule has 6 rings (SSSR count). The maximum Gasteiger partial charge on any atom is 0.328 e. The molecule has 2 aromatic carbocycles. The molecule has 1 heterocycles. The van der Waals surface area contributed by atoms with Gasteiger partial charge in [-0.3, -0.25) is 18.7 Å². The van der Waals surface area contributed by atoms with Crippen LogP contribution in [0.25, 0.3) is 11.0 Å². The number of nitrogens with one attached hydrogen (secondary N) is 1. The van der Waals surface area contributed by atoms with E-state index in [-0.39, 0.29) is 45.7 Å². The highest BCUT2D eigenvalue weighted by molar-refractivity contribution is 6.30. The number of hydrogen-bond donors (Lipinski definition) is 1. The number of hydrogen-bond acceptors (Lipinski definition) is 4. The van der Waals surface area contributed by atoms with E-state index < -0.39 is 5.82 Å². The third-order valence-electron chi connectivity index (χ3n) is 6.92. The number of rotatable bonds is 7. The predicted octanol–water partition coefficient (Wildman–Crippen LogP) is 3.36. The van der Waals surface area contributed by atoms with Gasteiger partial charge >= 0.3 is 5.69 Å². The van der Waals surface area contributed by atoms with Gasteiger partial charge in [-0.2, -0.15) is 0 Å². The zero-order valence-electron chi connectivity index (χ0n) is 18.3. The van der Waals surface area contributed by atoms with Crippen LogP contribution in [-0.2, 0) is 18.9 Å². The number of carbonyl (C=O) groups is 2. The molecule has 3 aliphatic rings. The summed E-state index contributed by atoms with van der Waals surface area (Å²) in [5.41, 5.74) is 1.48. The number of halogens is 2. The second-order valence-corrected chi connectivity index (χ2v) is 9.86. The van der Waals surface area contributed by atoms with Gasteiger partial charge in [0, 0.05) is 37.7 Å². The average molecular weight is 472 g/mol. The number of fused-ring (bicyclic) bond motifs is 1. The number of ether oxygens (including phenoxy) is 1. The zero-order chi connectivity index (χ0) is 23.5. The van der Waals surface area contributed by atoms with Crippen molar-refractivity contribution >= 4 is 34.3 Å². The summed E-state index contributed by atoms with van der Waals surface area (Å²) in [6.45, 7) is -0.127. The molecule has 2 bridgehead atoms. The lowest BCUT2D eigenvalue weighted by Gasteiger charge is -2.70. The van der Waals surface area contributed by atoms with Gasteiger partial charge in [0.25, 0.3) is 5.91 Å². The summed E-state index contributed by atoms with van der Waals surface area (Å²) in [6, 6.07) is 9.30. The molecular weight excluding hydrogens is 449 g/mol. The minimum Gasteiger partial charge on any atom is -0.486 e. The summed E-state index contributed by atoms with van der Waals surface area (Å²) in [5.74, 6) is -0.562. The van der Waals surface area contributed by atoms with Crippen molar-refractivity contribution in [2.24, 2.45) is 19.5 Å². The van der Waals surface area contributed by atoms with E-state index in [4.69, 9.17) is 16.3 Å². The Balaban J connectivity index is 1.15. The van der Waals surface area contributed by atoms with Crippen LogP contribution >= 0.6 is 11.6 Å². The molecule has 1 amide bonds. The highest BCUT2D eigenvalue weighted by Gasteiger charge is 2.68. The quantitative estimate of drug-likeness (QED) is 0.573. The van der Waals surface area contributed by atoms with Crippen molar-refractivity contribution in [1.29, 1.82) is 0 Å². The number of amides is 1. The highest BCUT2D eigenvalue weighted by Crippen LogP contribution is 2.69. The minimum atomic E-state index is -0.590. The lowest BCUT2D eigenvalue weighted by atomic mass is 9.38. The van der Waals surface area contributed by atoms with Crippen LogP contribution in [0.15, 0.2) is 41.2 Å². The Bertz CT molecular complexity index is 1360. The number of Topliss-reactive ketones (excluding diaryl/α,β-unsaturated/α-hetero) is 1. The van der Waals surface area contributed by atoms with Gasteiger partial charge in [0.1, 0.15) is 18.2 Å². The summed E-state index contributed by atoms with van der Waals surface area (Å²) >= 11 is 5.65. The summed E-state index contributed by atoms with van der Waals surface area (Å²) < 4.78 is 21.9. The standard InChI is InChI=1S/C24H23ClFN3O4/c1-28-19-6-3-14(7-20(19)29(2)22(28)32)21(31)27-24-11-23(12-24,13-24)9-15(30)10-33-16-4-5-17(25)18(26)8-16/h3-8H,9-13H2,1-2H3,(H,27,31). The molecule has 0 radical (unpaired) electrons. The second-order valence-electron chi connectivity index (χ2n) is 9.45. The number of imidazole rings is 1. The summed E-state index contributed by atoms with van der Waals surface area (Å²) in [7, 11) is 3.38. The van der Waals surface area contributed by atoms with Crippen LogP contribution in [0.2, 0.25) is 5.02 Å². The number of ketones is 1. The Morgan fingerprint density at radius 2 is 1.79 bits per heavy atom. The van der Waals surface area contributed by atoms with Crippen molar-refractivity contribution in [1.82, 2.24) is 14.5 Å². The highest BCUT2D eigenvalue weighted by atomic mass is 35.5. The molecule has 0 unspecified atom stereocenters. The molecule has 0 spiro atoms. The lowest BCUT2D eigenvalue weighted by Crippen LogP contribution is -2.75. The van der Waals surface area contributed by atoms with Crippen LogP contribution in [0, 0.1) is 11.2 Å². The topological polar surface area (TPSA) is 82.3 Å². The van der Waals surface area contributed by atoms with E-state index in [1.54, 1.807) is 36.9 Å². The largest absolute Gasteiger partial charge is 0.486 e. The van der Waals surface area contributed by atoms with Gasteiger partial charge in [0.15, 0.2) is 5.78 Å². The Labute approximate surface area is 194 Å². The molecule has 33 heavy (non-hydrogen) atoms. The van der Waals surface area contributed by atoms with Crippen molar-refractivity contribution in [3.8, 4) is 5.75 Å². The van der Waals surface area contributed by atoms with Crippen LogP contribution in [0.5, 0.6) is 5.75 Å². The minimum absolute atomic E-state index is 0.00243. The fourth-order valence-corrected chi connectivity index (χ4v) is 5.60. The van der Waals surface area contributed by atoms with Crippen LogP contribution in [0.3, 0.4) is 0 Å². The molecule has 3 saturated carbocycles. The third-order valence-corrected chi connectivity index (χ3v) is 7.22. The Morgan fingerprint density at radius 3 is 2.48 bits per heavy atom. The van der Waals surface area contributed by atoms with E-state index in [2.05, 4.69) is 5.32 Å². The molecule has 172 valence electrons.